The van der Waals surface area contributed by atoms with Crippen molar-refractivity contribution in [1.29, 1.82) is 0 Å². The van der Waals surface area contributed by atoms with Crippen molar-refractivity contribution in [2.45, 2.75) is 6.54 Å². The van der Waals surface area contributed by atoms with E-state index < -0.39 is 5.91 Å². The molecule has 160 valence electrons. The minimum atomic E-state index is -0.517. The highest BCUT2D eigenvalue weighted by molar-refractivity contribution is 7.17. The van der Waals surface area contributed by atoms with Gasteiger partial charge < -0.3 is 15.5 Å². The number of piperazine rings is 1. The molecule has 1 aliphatic heterocycles. The third kappa shape index (κ3) is 5.11. The summed E-state index contributed by atoms with van der Waals surface area (Å²) in [6.45, 7) is 4.34. The van der Waals surface area contributed by atoms with E-state index in [-0.39, 0.29) is 5.91 Å². The number of carbonyl (C=O) groups is 2. The molecule has 0 spiro atoms. The number of nitrogens with zero attached hydrogens (tertiary/aromatic N) is 1. The monoisotopic (exact) mass is 436 g/mol. The molecule has 4 N–H and O–H groups in total. The Bertz CT molecular complexity index is 1040. The van der Waals surface area contributed by atoms with Gasteiger partial charge in [-0.3, -0.25) is 14.8 Å². The quantitative estimate of drug-likeness (QED) is 0.352. The number of nitrogens with one attached hydrogen (secondary N) is 3. The van der Waals surface area contributed by atoms with Crippen LogP contribution in [0, 0.1) is 0 Å². The summed E-state index contributed by atoms with van der Waals surface area (Å²) in [4.78, 5) is 27.7. The lowest BCUT2D eigenvalue weighted by molar-refractivity contribution is 0.0711. The topological polar surface area (TPSA) is 93.7 Å². The molecule has 1 saturated heterocycles. The van der Waals surface area contributed by atoms with Crippen LogP contribution in [0.5, 0.6) is 0 Å². The lowest BCUT2D eigenvalue weighted by Crippen LogP contribution is -2.43. The third-order valence-electron chi connectivity index (χ3n) is 5.23. The zero-order valence-corrected chi connectivity index (χ0v) is 17.7. The van der Waals surface area contributed by atoms with Gasteiger partial charge in [-0.1, -0.05) is 24.3 Å². The summed E-state index contributed by atoms with van der Waals surface area (Å²) in [5.74, 6) is -0.620. The van der Waals surface area contributed by atoms with Crippen molar-refractivity contribution in [3.63, 3.8) is 0 Å². The van der Waals surface area contributed by atoms with E-state index in [0.717, 1.165) is 47.9 Å². The molecule has 2 aromatic carbocycles. The van der Waals surface area contributed by atoms with Gasteiger partial charge in [-0.2, -0.15) is 0 Å². The molecule has 1 aromatic heterocycles. The summed E-state index contributed by atoms with van der Waals surface area (Å²) >= 11 is 1.30. The summed E-state index contributed by atoms with van der Waals surface area (Å²) in [6.07, 6.45) is 0. The van der Waals surface area contributed by atoms with Crippen molar-refractivity contribution >= 4 is 28.8 Å². The van der Waals surface area contributed by atoms with Gasteiger partial charge in [0.25, 0.3) is 11.8 Å². The standard InChI is InChI=1S/C23H24N4O3S/c28-22(18-5-7-19(8-6-18)27-13-11-24-12-14-27)25-15-16-1-3-17(4-2-16)20-9-10-21(31-20)23(29)26-30/h1-10,24,30H,11-15H2,(H,25,28)(H,26,29). The van der Waals surface area contributed by atoms with Gasteiger partial charge >= 0.3 is 0 Å². The molecule has 0 saturated carbocycles. The van der Waals surface area contributed by atoms with Crippen molar-refractivity contribution in [3.8, 4) is 10.4 Å². The second-order valence-electron chi connectivity index (χ2n) is 7.27. The number of carbonyl (C=O) groups excluding carboxylic acids is 2. The summed E-state index contributed by atoms with van der Waals surface area (Å²) in [5, 5.41) is 15.0. The first kappa shape index (κ1) is 21.0. The number of rotatable bonds is 6. The van der Waals surface area contributed by atoms with E-state index in [1.165, 1.54) is 11.3 Å². The minimum absolute atomic E-state index is 0.103. The molecule has 4 rings (SSSR count). The van der Waals surface area contributed by atoms with Gasteiger partial charge in [0, 0.05) is 48.9 Å². The Balaban J connectivity index is 1.33. The average molecular weight is 437 g/mol. The molecule has 7 nitrogen and oxygen atoms in total. The summed E-state index contributed by atoms with van der Waals surface area (Å²) in [6, 6.07) is 19.1. The molecular formula is C23H24N4O3S. The van der Waals surface area contributed by atoms with Crippen molar-refractivity contribution in [2.75, 3.05) is 31.1 Å². The predicted octanol–water partition coefficient (Wildman–Crippen LogP) is 2.87. The molecule has 31 heavy (non-hydrogen) atoms. The molecule has 1 aliphatic rings. The smallest absolute Gasteiger partial charge is 0.284 e. The molecule has 2 amide bonds. The molecule has 0 radical (unpaired) electrons. The molecular weight excluding hydrogens is 412 g/mol. The molecule has 0 unspecified atom stereocenters. The van der Waals surface area contributed by atoms with Gasteiger partial charge in [0.1, 0.15) is 0 Å². The predicted molar refractivity (Wildman–Crippen MR) is 122 cm³/mol. The Morgan fingerprint density at radius 1 is 0.935 bits per heavy atom. The van der Waals surface area contributed by atoms with Crippen LogP contribution in [0.25, 0.3) is 10.4 Å². The highest BCUT2D eigenvalue weighted by Gasteiger charge is 2.12. The normalized spacial score (nSPS) is 13.6. The van der Waals surface area contributed by atoms with Crippen LogP contribution in [-0.4, -0.2) is 43.2 Å². The van der Waals surface area contributed by atoms with E-state index in [2.05, 4.69) is 15.5 Å². The SMILES string of the molecule is O=C(NCc1ccc(-c2ccc(C(=O)NO)s2)cc1)c1ccc(N2CCNCC2)cc1. The number of thiophene rings is 1. The number of hydrogen-bond acceptors (Lipinski definition) is 6. The third-order valence-corrected chi connectivity index (χ3v) is 6.37. The maximum atomic E-state index is 12.5. The van der Waals surface area contributed by atoms with Crippen LogP contribution in [0.3, 0.4) is 0 Å². The van der Waals surface area contributed by atoms with E-state index in [1.54, 1.807) is 11.5 Å². The lowest BCUT2D eigenvalue weighted by Gasteiger charge is -2.29. The van der Waals surface area contributed by atoms with Gasteiger partial charge in [-0.25, -0.2) is 5.48 Å². The van der Waals surface area contributed by atoms with Crippen LogP contribution in [0.15, 0.2) is 60.7 Å². The summed E-state index contributed by atoms with van der Waals surface area (Å²) < 4.78 is 0. The van der Waals surface area contributed by atoms with Gasteiger partial charge in [0.15, 0.2) is 0 Å². The maximum absolute atomic E-state index is 12.5. The Hall–Kier alpha value is -3.20. The van der Waals surface area contributed by atoms with Crippen molar-refractivity contribution < 1.29 is 14.8 Å². The van der Waals surface area contributed by atoms with Crippen LogP contribution >= 0.6 is 11.3 Å². The minimum Gasteiger partial charge on any atom is -0.369 e. The van der Waals surface area contributed by atoms with Crippen LogP contribution in [0.1, 0.15) is 25.6 Å². The molecule has 0 atom stereocenters. The van der Waals surface area contributed by atoms with Crippen LogP contribution in [-0.2, 0) is 6.54 Å². The van der Waals surface area contributed by atoms with E-state index in [4.69, 9.17) is 5.21 Å². The first-order valence-corrected chi connectivity index (χ1v) is 10.9. The fourth-order valence-corrected chi connectivity index (χ4v) is 4.39. The Morgan fingerprint density at radius 3 is 2.32 bits per heavy atom. The zero-order chi connectivity index (χ0) is 21.6. The molecule has 2 heterocycles. The Kier molecular flexibility index (Phi) is 6.61. The second-order valence-corrected chi connectivity index (χ2v) is 8.35. The van der Waals surface area contributed by atoms with Crippen LogP contribution < -0.4 is 21.0 Å². The zero-order valence-electron chi connectivity index (χ0n) is 16.9. The lowest BCUT2D eigenvalue weighted by atomic mass is 10.1. The van der Waals surface area contributed by atoms with Gasteiger partial charge in [-0.15, -0.1) is 11.3 Å². The van der Waals surface area contributed by atoms with Crippen LogP contribution in [0.2, 0.25) is 0 Å². The van der Waals surface area contributed by atoms with Crippen LogP contribution in [0.4, 0.5) is 5.69 Å². The maximum Gasteiger partial charge on any atom is 0.284 e. The summed E-state index contributed by atoms with van der Waals surface area (Å²) in [7, 11) is 0. The highest BCUT2D eigenvalue weighted by atomic mass is 32.1. The number of hydrogen-bond donors (Lipinski definition) is 4. The first-order chi connectivity index (χ1) is 15.1. The molecule has 0 bridgehead atoms. The molecule has 3 aromatic rings. The number of hydroxylamine groups is 1. The largest absolute Gasteiger partial charge is 0.369 e. The fourth-order valence-electron chi connectivity index (χ4n) is 3.49. The fraction of sp³-hybridized carbons (Fsp3) is 0.217. The molecule has 1 fully saturated rings. The summed E-state index contributed by atoms with van der Waals surface area (Å²) in [5.41, 5.74) is 5.38. The molecule has 8 heteroatoms. The second kappa shape index (κ2) is 9.74. The Labute approximate surface area is 184 Å². The van der Waals surface area contributed by atoms with Gasteiger partial charge in [0.2, 0.25) is 0 Å². The highest BCUT2D eigenvalue weighted by Crippen LogP contribution is 2.28. The van der Waals surface area contributed by atoms with E-state index in [1.807, 2.05) is 54.6 Å². The number of anilines is 1. The molecule has 0 aliphatic carbocycles. The number of amides is 2. The van der Waals surface area contributed by atoms with E-state index in [9.17, 15) is 9.59 Å². The Morgan fingerprint density at radius 2 is 1.65 bits per heavy atom. The van der Waals surface area contributed by atoms with Crippen molar-refractivity contribution in [2.24, 2.45) is 0 Å². The van der Waals surface area contributed by atoms with Crippen molar-refractivity contribution in [1.82, 2.24) is 16.1 Å². The van der Waals surface area contributed by atoms with Gasteiger partial charge in [-0.05, 0) is 47.5 Å². The first-order valence-electron chi connectivity index (χ1n) is 10.1. The van der Waals surface area contributed by atoms with E-state index >= 15 is 0 Å². The van der Waals surface area contributed by atoms with Gasteiger partial charge in [0.05, 0.1) is 4.88 Å². The van der Waals surface area contributed by atoms with E-state index in [0.29, 0.717) is 17.0 Å². The average Bonchev–Trinajstić information content (AvgIpc) is 3.33. The van der Waals surface area contributed by atoms with Crippen molar-refractivity contribution in [3.05, 3.63) is 76.7 Å². The number of benzene rings is 2.